The summed E-state index contributed by atoms with van der Waals surface area (Å²) in [6, 6.07) is 17.3. The quantitative estimate of drug-likeness (QED) is 0.344. The van der Waals surface area contributed by atoms with Gasteiger partial charge in [0.15, 0.2) is 5.75 Å². The number of likely N-dealkylation sites (N-methyl/N-ethyl adjacent to an activating group) is 1. The van der Waals surface area contributed by atoms with Crippen molar-refractivity contribution in [1.29, 1.82) is 0 Å². The third kappa shape index (κ3) is 7.53. The molecule has 218 valence electrons. The van der Waals surface area contributed by atoms with Crippen LogP contribution in [-0.4, -0.2) is 72.8 Å². The Morgan fingerprint density at radius 1 is 1.15 bits per heavy atom. The third-order valence-electron chi connectivity index (χ3n) is 7.14. The van der Waals surface area contributed by atoms with E-state index >= 15 is 0 Å². The number of carbonyl (C=O) groups excluding carboxylic acids is 2. The van der Waals surface area contributed by atoms with E-state index in [1.807, 2.05) is 38.2 Å². The lowest BCUT2D eigenvalue weighted by atomic mass is 9.99. The first kappa shape index (κ1) is 29.8. The summed E-state index contributed by atoms with van der Waals surface area (Å²) in [6.45, 7) is 5.23. The van der Waals surface area contributed by atoms with Crippen molar-refractivity contribution in [3.63, 3.8) is 0 Å². The lowest BCUT2D eigenvalue weighted by Gasteiger charge is -2.38. The number of carbonyl (C=O) groups is 2. The Morgan fingerprint density at radius 2 is 1.85 bits per heavy atom. The number of aliphatic hydroxyl groups excluding tert-OH is 1. The van der Waals surface area contributed by atoms with Crippen LogP contribution >= 0.6 is 0 Å². The van der Waals surface area contributed by atoms with E-state index in [0.29, 0.717) is 36.6 Å². The molecule has 0 spiro atoms. The Hall–Kier alpha value is -4.15. The fourth-order valence-corrected chi connectivity index (χ4v) is 4.79. The van der Waals surface area contributed by atoms with Crippen molar-refractivity contribution in [2.45, 2.75) is 32.5 Å². The molecule has 3 aromatic carbocycles. The van der Waals surface area contributed by atoms with Crippen LogP contribution in [-0.2, 0) is 6.54 Å². The Kier molecular flexibility index (Phi) is 9.80. The summed E-state index contributed by atoms with van der Waals surface area (Å²) < 4.78 is 25.1. The number of amides is 3. The van der Waals surface area contributed by atoms with Crippen LogP contribution in [0.1, 0.15) is 29.8 Å². The van der Waals surface area contributed by atoms with Gasteiger partial charge in [0.1, 0.15) is 17.7 Å². The maximum atomic E-state index is 13.7. The zero-order chi connectivity index (χ0) is 29.5. The number of urea groups is 1. The Balaban J connectivity index is 1.61. The number of halogens is 1. The number of hydrogen-bond donors (Lipinski definition) is 3. The average Bonchev–Trinajstić information content (AvgIpc) is 2.96. The SMILES string of the molecule is COc1ccc(CN(C)C[C@@H]2Oc3c(NC(=O)Nc4ccc(F)cc4)cccc3C(=O)N([C@@H](C)CO)C[C@@H]2C)cc1. The summed E-state index contributed by atoms with van der Waals surface area (Å²) in [6.07, 6.45) is -0.346. The molecule has 3 aromatic rings. The van der Waals surface area contributed by atoms with Gasteiger partial charge in [0.2, 0.25) is 0 Å². The standard InChI is InChI=1S/C31H37FN4O5/c1-20-16-36(21(2)19-37)30(38)26-6-5-7-27(34-31(39)33-24-12-10-23(32)11-13-24)29(26)41-28(20)18-35(3)17-22-8-14-25(40-4)15-9-22/h5-15,20-21,28,37H,16-19H2,1-4H3,(H2,33,34,39)/t20-,21-,28-/m0/s1. The molecule has 1 heterocycles. The second-order valence-electron chi connectivity index (χ2n) is 10.4. The summed E-state index contributed by atoms with van der Waals surface area (Å²) in [4.78, 5) is 30.3. The summed E-state index contributed by atoms with van der Waals surface area (Å²) in [5.74, 6) is 0.250. The van der Waals surface area contributed by atoms with E-state index < -0.39 is 17.9 Å². The first-order chi connectivity index (χ1) is 19.7. The number of benzene rings is 3. The van der Waals surface area contributed by atoms with E-state index in [-0.39, 0.29) is 30.3 Å². The molecule has 0 saturated heterocycles. The van der Waals surface area contributed by atoms with Gasteiger partial charge >= 0.3 is 6.03 Å². The van der Waals surface area contributed by atoms with Gasteiger partial charge in [-0.2, -0.15) is 0 Å². The van der Waals surface area contributed by atoms with Crippen LogP contribution in [0.5, 0.6) is 11.5 Å². The second kappa shape index (κ2) is 13.5. The van der Waals surface area contributed by atoms with Crippen LogP contribution < -0.4 is 20.1 Å². The number of aliphatic hydroxyl groups is 1. The first-order valence-corrected chi connectivity index (χ1v) is 13.5. The zero-order valence-corrected chi connectivity index (χ0v) is 23.8. The molecule has 1 aliphatic heterocycles. The van der Waals surface area contributed by atoms with Gasteiger partial charge in [0.05, 0.1) is 31.0 Å². The predicted octanol–water partition coefficient (Wildman–Crippen LogP) is 4.83. The van der Waals surface area contributed by atoms with E-state index in [1.54, 1.807) is 37.1 Å². The summed E-state index contributed by atoms with van der Waals surface area (Å²) in [5.41, 5.74) is 2.13. The van der Waals surface area contributed by atoms with E-state index in [9.17, 15) is 19.1 Å². The molecule has 0 saturated carbocycles. The fraction of sp³-hybridized carbons (Fsp3) is 0.355. The number of fused-ring (bicyclic) bond motifs is 1. The van der Waals surface area contributed by atoms with Crippen molar-refractivity contribution in [2.24, 2.45) is 5.92 Å². The van der Waals surface area contributed by atoms with Gasteiger partial charge < -0.3 is 30.1 Å². The molecule has 1 aliphatic rings. The molecule has 3 N–H and O–H groups in total. The van der Waals surface area contributed by atoms with Crippen molar-refractivity contribution in [3.8, 4) is 11.5 Å². The van der Waals surface area contributed by atoms with Crippen molar-refractivity contribution in [1.82, 2.24) is 9.80 Å². The van der Waals surface area contributed by atoms with Gasteiger partial charge in [-0.25, -0.2) is 9.18 Å². The van der Waals surface area contributed by atoms with Gasteiger partial charge in [-0.05, 0) is 68.1 Å². The molecular formula is C31H37FN4O5. The minimum absolute atomic E-state index is 0.0967. The topological polar surface area (TPSA) is 103 Å². The minimum Gasteiger partial charge on any atom is -0.497 e. The van der Waals surface area contributed by atoms with E-state index in [1.165, 1.54) is 24.3 Å². The van der Waals surface area contributed by atoms with Crippen molar-refractivity contribution >= 4 is 23.3 Å². The van der Waals surface area contributed by atoms with Gasteiger partial charge in [0, 0.05) is 31.2 Å². The van der Waals surface area contributed by atoms with Crippen LogP contribution in [0.25, 0.3) is 0 Å². The number of anilines is 2. The highest BCUT2D eigenvalue weighted by Crippen LogP contribution is 2.35. The summed E-state index contributed by atoms with van der Waals surface area (Å²) >= 11 is 0. The van der Waals surface area contributed by atoms with Crippen molar-refractivity contribution < 1.29 is 28.6 Å². The lowest BCUT2D eigenvalue weighted by molar-refractivity contribution is 0.0343. The molecule has 0 radical (unpaired) electrons. The number of hydrogen-bond acceptors (Lipinski definition) is 6. The predicted molar refractivity (Wildman–Crippen MR) is 156 cm³/mol. The molecular weight excluding hydrogens is 527 g/mol. The number of ether oxygens (including phenoxy) is 2. The molecule has 0 aliphatic carbocycles. The maximum absolute atomic E-state index is 13.7. The second-order valence-corrected chi connectivity index (χ2v) is 10.4. The number of nitrogens with one attached hydrogen (secondary N) is 2. The Morgan fingerprint density at radius 3 is 2.51 bits per heavy atom. The normalized spacial score (nSPS) is 17.6. The molecule has 0 fully saturated rings. The first-order valence-electron chi connectivity index (χ1n) is 13.5. The minimum atomic E-state index is -0.565. The van der Waals surface area contributed by atoms with Gasteiger partial charge in [0.25, 0.3) is 5.91 Å². The maximum Gasteiger partial charge on any atom is 0.323 e. The van der Waals surface area contributed by atoms with Crippen LogP contribution in [0.15, 0.2) is 66.7 Å². The van der Waals surface area contributed by atoms with Crippen molar-refractivity contribution in [3.05, 3.63) is 83.7 Å². The number of para-hydroxylation sites is 1. The number of rotatable bonds is 9. The van der Waals surface area contributed by atoms with Crippen LogP contribution in [0, 0.1) is 11.7 Å². The van der Waals surface area contributed by atoms with Crippen LogP contribution in [0.2, 0.25) is 0 Å². The van der Waals surface area contributed by atoms with E-state index in [0.717, 1.165) is 11.3 Å². The molecule has 0 bridgehead atoms. The summed E-state index contributed by atoms with van der Waals surface area (Å²) in [7, 11) is 3.63. The largest absolute Gasteiger partial charge is 0.497 e. The molecule has 0 aromatic heterocycles. The Bertz CT molecular complexity index is 1340. The van der Waals surface area contributed by atoms with Crippen LogP contribution in [0.4, 0.5) is 20.6 Å². The molecule has 10 heteroatoms. The monoisotopic (exact) mass is 564 g/mol. The molecule has 3 atom stereocenters. The van der Waals surface area contributed by atoms with E-state index in [2.05, 4.69) is 15.5 Å². The highest BCUT2D eigenvalue weighted by Gasteiger charge is 2.34. The lowest BCUT2D eigenvalue weighted by Crippen LogP contribution is -2.49. The van der Waals surface area contributed by atoms with Gasteiger partial charge in [-0.1, -0.05) is 25.1 Å². The van der Waals surface area contributed by atoms with E-state index in [4.69, 9.17) is 9.47 Å². The zero-order valence-electron chi connectivity index (χ0n) is 23.8. The number of nitrogens with zero attached hydrogens (tertiary/aromatic N) is 2. The van der Waals surface area contributed by atoms with Gasteiger partial charge in [-0.3, -0.25) is 9.69 Å². The highest BCUT2D eigenvalue weighted by molar-refractivity contribution is 6.04. The molecule has 0 unspecified atom stereocenters. The van der Waals surface area contributed by atoms with Crippen LogP contribution in [0.3, 0.4) is 0 Å². The smallest absolute Gasteiger partial charge is 0.323 e. The Labute approximate surface area is 239 Å². The number of methoxy groups -OCH3 is 1. The third-order valence-corrected chi connectivity index (χ3v) is 7.14. The molecule has 41 heavy (non-hydrogen) atoms. The molecule has 3 amide bonds. The summed E-state index contributed by atoms with van der Waals surface area (Å²) in [5, 5.41) is 15.4. The van der Waals surface area contributed by atoms with Crippen molar-refractivity contribution in [2.75, 3.05) is 44.5 Å². The average molecular weight is 565 g/mol. The molecule has 4 rings (SSSR count). The molecule has 9 nitrogen and oxygen atoms in total. The highest BCUT2D eigenvalue weighted by atomic mass is 19.1. The van der Waals surface area contributed by atoms with Gasteiger partial charge in [-0.15, -0.1) is 0 Å². The fourth-order valence-electron chi connectivity index (χ4n) is 4.79.